The molecule has 2 aromatic heterocycles. The van der Waals surface area contributed by atoms with E-state index < -0.39 is 27.7 Å². The maximum absolute atomic E-state index is 12.9. The molecular formula is C23H21F3N6O4S2. The van der Waals surface area contributed by atoms with Crippen molar-refractivity contribution in [3.05, 3.63) is 72.1 Å². The number of methoxy groups -OCH3 is 1. The number of hydrogen-bond donors (Lipinski definition) is 2. The van der Waals surface area contributed by atoms with Crippen LogP contribution in [0.2, 0.25) is 0 Å². The standard InChI is InChI=1S/C23H21F3N6O4S2/c1-36-17-5-7-18(8-6-17)38(34,35)27-12-11-20-30-29-19-9-10-22(31-32(19)20)37-14-21(33)28-16-4-2-3-15(13-16)23(24,25)26/h2-10,13,27H,11-12,14H2,1H3,(H,28,33). The molecule has 0 radical (unpaired) electrons. The highest BCUT2D eigenvalue weighted by Crippen LogP contribution is 2.30. The van der Waals surface area contributed by atoms with Crippen LogP contribution in [0.1, 0.15) is 11.4 Å². The van der Waals surface area contributed by atoms with Crippen LogP contribution in [-0.4, -0.2) is 53.5 Å². The summed E-state index contributed by atoms with van der Waals surface area (Å²) >= 11 is 1.07. The zero-order valence-electron chi connectivity index (χ0n) is 19.8. The molecular weight excluding hydrogens is 545 g/mol. The summed E-state index contributed by atoms with van der Waals surface area (Å²) in [5, 5.41) is 15.3. The van der Waals surface area contributed by atoms with E-state index in [0.29, 0.717) is 22.2 Å². The minimum absolute atomic E-state index is 0.0343. The molecule has 10 nitrogen and oxygen atoms in total. The summed E-state index contributed by atoms with van der Waals surface area (Å²) in [5.41, 5.74) is -0.399. The number of fused-ring (bicyclic) bond motifs is 1. The van der Waals surface area contributed by atoms with E-state index in [1.165, 1.54) is 35.9 Å². The molecule has 38 heavy (non-hydrogen) atoms. The molecule has 0 unspecified atom stereocenters. The predicted molar refractivity (Wildman–Crippen MR) is 133 cm³/mol. The fourth-order valence-electron chi connectivity index (χ4n) is 3.29. The maximum atomic E-state index is 12.9. The molecule has 0 aliphatic rings. The summed E-state index contributed by atoms with van der Waals surface area (Å²) in [6.07, 6.45) is -4.32. The van der Waals surface area contributed by atoms with Gasteiger partial charge in [-0.15, -0.1) is 10.2 Å². The van der Waals surface area contributed by atoms with Crippen molar-refractivity contribution in [2.75, 3.05) is 24.7 Å². The number of sulfonamides is 1. The Labute approximate surface area is 219 Å². The SMILES string of the molecule is COc1ccc(S(=O)(=O)NCCc2nnc3ccc(SCC(=O)Nc4cccc(C(F)(F)F)c4)nn23)cc1. The molecule has 0 spiro atoms. The summed E-state index contributed by atoms with van der Waals surface area (Å²) < 4.78 is 72.6. The largest absolute Gasteiger partial charge is 0.497 e. The highest BCUT2D eigenvalue weighted by atomic mass is 32.2. The Morgan fingerprint density at radius 3 is 2.55 bits per heavy atom. The maximum Gasteiger partial charge on any atom is 0.416 e. The Morgan fingerprint density at radius 2 is 1.84 bits per heavy atom. The van der Waals surface area contributed by atoms with Gasteiger partial charge in [0.1, 0.15) is 10.8 Å². The third-order valence-corrected chi connectivity index (χ3v) is 7.54. The third-order valence-electron chi connectivity index (χ3n) is 5.14. The molecule has 0 saturated carbocycles. The summed E-state index contributed by atoms with van der Waals surface area (Å²) in [6.45, 7) is 0.0353. The van der Waals surface area contributed by atoms with E-state index in [1.807, 2.05) is 0 Å². The molecule has 4 rings (SSSR count). The third kappa shape index (κ3) is 6.79. The van der Waals surface area contributed by atoms with Crippen LogP contribution in [-0.2, 0) is 27.4 Å². The zero-order chi connectivity index (χ0) is 27.3. The van der Waals surface area contributed by atoms with Crippen molar-refractivity contribution in [1.29, 1.82) is 0 Å². The van der Waals surface area contributed by atoms with Crippen LogP contribution in [0.25, 0.3) is 5.65 Å². The predicted octanol–water partition coefficient (Wildman–Crippen LogP) is 3.40. The summed E-state index contributed by atoms with van der Waals surface area (Å²) in [4.78, 5) is 12.4. The second-order valence-electron chi connectivity index (χ2n) is 7.80. The van der Waals surface area contributed by atoms with Gasteiger partial charge in [-0.3, -0.25) is 4.79 Å². The first-order chi connectivity index (χ1) is 18.0. The number of carbonyl (C=O) groups is 1. The lowest BCUT2D eigenvalue weighted by molar-refractivity contribution is -0.137. The molecule has 0 atom stereocenters. The highest BCUT2D eigenvalue weighted by Gasteiger charge is 2.30. The lowest BCUT2D eigenvalue weighted by atomic mass is 10.2. The molecule has 0 bridgehead atoms. The van der Waals surface area contributed by atoms with Crippen LogP contribution in [0, 0.1) is 0 Å². The van der Waals surface area contributed by atoms with E-state index in [1.54, 1.807) is 24.3 Å². The number of carbonyl (C=O) groups excluding carboxylic acids is 1. The number of amides is 1. The molecule has 2 aromatic carbocycles. The highest BCUT2D eigenvalue weighted by molar-refractivity contribution is 7.99. The fraction of sp³-hybridized carbons (Fsp3) is 0.217. The monoisotopic (exact) mass is 566 g/mol. The normalized spacial score (nSPS) is 12.0. The van der Waals surface area contributed by atoms with Crippen LogP contribution in [0.4, 0.5) is 18.9 Å². The molecule has 0 fully saturated rings. The average Bonchev–Trinajstić information content (AvgIpc) is 3.29. The number of thioether (sulfide) groups is 1. The second kappa shape index (κ2) is 11.4. The Bertz CT molecular complexity index is 1540. The van der Waals surface area contributed by atoms with Crippen molar-refractivity contribution >= 4 is 39.0 Å². The number of nitrogens with one attached hydrogen (secondary N) is 2. The number of alkyl halides is 3. The van der Waals surface area contributed by atoms with Gasteiger partial charge in [-0.2, -0.15) is 22.8 Å². The quantitative estimate of drug-likeness (QED) is 0.280. The number of benzene rings is 2. The summed E-state index contributed by atoms with van der Waals surface area (Å²) in [7, 11) is -2.27. The Kier molecular flexibility index (Phi) is 8.18. The van der Waals surface area contributed by atoms with Crippen molar-refractivity contribution in [2.45, 2.75) is 22.5 Å². The number of ether oxygens (including phenoxy) is 1. The van der Waals surface area contributed by atoms with Crippen molar-refractivity contribution < 1.29 is 31.1 Å². The van der Waals surface area contributed by atoms with Gasteiger partial charge in [-0.25, -0.2) is 13.1 Å². The van der Waals surface area contributed by atoms with Crippen LogP contribution in [0.3, 0.4) is 0 Å². The van der Waals surface area contributed by atoms with E-state index in [-0.39, 0.29) is 29.3 Å². The van der Waals surface area contributed by atoms with Gasteiger partial charge in [0.15, 0.2) is 11.5 Å². The molecule has 2 N–H and O–H groups in total. The lowest BCUT2D eigenvalue weighted by Crippen LogP contribution is -2.26. The molecule has 15 heteroatoms. The lowest BCUT2D eigenvalue weighted by Gasteiger charge is -2.10. The second-order valence-corrected chi connectivity index (χ2v) is 10.6. The molecule has 4 aromatic rings. The van der Waals surface area contributed by atoms with E-state index in [9.17, 15) is 26.4 Å². The molecule has 2 heterocycles. The molecule has 0 saturated heterocycles. The molecule has 200 valence electrons. The van der Waals surface area contributed by atoms with Crippen molar-refractivity contribution in [2.24, 2.45) is 0 Å². The van der Waals surface area contributed by atoms with Gasteiger partial charge >= 0.3 is 6.18 Å². The van der Waals surface area contributed by atoms with E-state index >= 15 is 0 Å². The number of aromatic nitrogens is 4. The van der Waals surface area contributed by atoms with Crippen molar-refractivity contribution in [1.82, 2.24) is 24.5 Å². The van der Waals surface area contributed by atoms with Gasteiger partial charge in [-0.05, 0) is 54.6 Å². The van der Waals surface area contributed by atoms with E-state index in [2.05, 4.69) is 25.3 Å². The fourth-order valence-corrected chi connectivity index (χ4v) is 4.98. The van der Waals surface area contributed by atoms with Gasteiger partial charge in [0, 0.05) is 18.7 Å². The Balaban J connectivity index is 1.35. The summed E-state index contributed by atoms with van der Waals surface area (Å²) in [5.74, 6) is 0.321. The number of nitrogens with zero attached hydrogens (tertiary/aromatic N) is 4. The topological polar surface area (TPSA) is 128 Å². The Morgan fingerprint density at radius 1 is 1.08 bits per heavy atom. The minimum atomic E-state index is -4.51. The van der Waals surface area contributed by atoms with Gasteiger partial charge in [0.05, 0.1) is 23.3 Å². The number of halogens is 3. The van der Waals surface area contributed by atoms with Crippen LogP contribution in [0.15, 0.2) is 70.6 Å². The first-order valence-corrected chi connectivity index (χ1v) is 13.5. The van der Waals surface area contributed by atoms with E-state index in [0.717, 1.165) is 23.9 Å². The Hall–Kier alpha value is -3.69. The molecule has 0 aliphatic carbocycles. The average molecular weight is 567 g/mol. The van der Waals surface area contributed by atoms with Gasteiger partial charge in [0.2, 0.25) is 15.9 Å². The zero-order valence-corrected chi connectivity index (χ0v) is 21.4. The van der Waals surface area contributed by atoms with Crippen molar-refractivity contribution in [3.63, 3.8) is 0 Å². The van der Waals surface area contributed by atoms with Crippen LogP contribution >= 0.6 is 11.8 Å². The first-order valence-electron chi connectivity index (χ1n) is 11.0. The van der Waals surface area contributed by atoms with Gasteiger partial charge < -0.3 is 10.1 Å². The van der Waals surface area contributed by atoms with E-state index in [4.69, 9.17) is 4.74 Å². The molecule has 0 aliphatic heterocycles. The smallest absolute Gasteiger partial charge is 0.416 e. The van der Waals surface area contributed by atoms with Crippen LogP contribution < -0.4 is 14.8 Å². The van der Waals surface area contributed by atoms with Gasteiger partial charge in [-0.1, -0.05) is 17.8 Å². The first kappa shape index (κ1) is 27.3. The van der Waals surface area contributed by atoms with Crippen LogP contribution in [0.5, 0.6) is 5.75 Å². The molecule has 1 amide bonds. The minimum Gasteiger partial charge on any atom is -0.497 e. The summed E-state index contributed by atoms with van der Waals surface area (Å²) in [6, 6.07) is 13.6. The van der Waals surface area contributed by atoms with Gasteiger partial charge in [0.25, 0.3) is 0 Å². The number of hydrogen-bond acceptors (Lipinski definition) is 8. The van der Waals surface area contributed by atoms with Crippen molar-refractivity contribution in [3.8, 4) is 5.75 Å². The number of anilines is 1. The number of rotatable bonds is 10.